The van der Waals surface area contributed by atoms with E-state index in [4.69, 9.17) is 19.5 Å². The number of benzene rings is 2. The van der Waals surface area contributed by atoms with Gasteiger partial charge in [0, 0.05) is 11.8 Å². The molecular formula is C22H22N2O5. The van der Waals surface area contributed by atoms with E-state index in [0.717, 1.165) is 0 Å². The van der Waals surface area contributed by atoms with E-state index in [0.29, 0.717) is 34.9 Å². The van der Waals surface area contributed by atoms with Crippen LogP contribution < -0.4 is 14.8 Å². The van der Waals surface area contributed by atoms with Crippen LogP contribution in [0.1, 0.15) is 25.0 Å². The lowest BCUT2D eigenvalue weighted by Crippen LogP contribution is -2.29. The molecule has 150 valence electrons. The Labute approximate surface area is 169 Å². The molecule has 1 atom stereocenters. The molecule has 0 aliphatic carbocycles. The molecule has 0 aliphatic rings. The maximum Gasteiger partial charge on any atom is 0.331 e. The molecule has 7 nitrogen and oxygen atoms in total. The molecule has 0 saturated carbocycles. The van der Waals surface area contributed by atoms with E-state index in [2.05, 4.69) is 5.32 Å². The Morgan fingerprint density at radius 2 is 2.00 bits per heavy atom. The van der Waals surface area contributed by atoms with E-state index < -0.39 is 18.0 Å². The number of carbonyl (C=O) groups excluding carboxylic acids is 2. The highest BCUT2D eigenvalue weighted by molar-refractivity contribution is 5.96. The number of esters is 1. The number of anilines is 1. The lowest BCUT2D eigenvalue weighted by atomic mass is 10.2. The fourth-order valence-electron chi connectivity index (χ4n) is 2.40. The molecule has 0 spiro atoms. The third-order valence-corrected chi connectivity index (χ3v) is 3.82. The highest BCUT2D eigenvalue weighted by atomic mass is 16.5. The minimum Gasteiger partial charge on any atom is -0.493 e. The summed E-state index contributed by atoms with van der Waals surface area (Å²) in [5, 5.41) is 11.5. The molecule has 0 fully saturated rings. The monoisotopic (exact) mass is 394 g/mol. The van der Waals surface area contributed by atoms with E-state index in [1.807, 2.05) is 13.0 Å². The number of ether oxygens (including phenoxy) is 3. The molecular weight excluding hydrogens is 372 g/mol. The number of hydrogen-bond donors (Lipinski definition) is 1. The van der Waals surface area contributed by atoms with Crippen molar-refractivity contribution in [3.05, 3.63) is 59.7 Å². The van der Waals surface area contributed by atoms with E-state index in [9.17, 15) is 9.59 Å². The van der Waals surface area contributed by atoms with Gasteiger partial charge < -0.3 is 19.5 Å². The van der Waals surface area contributed by atoms with Crippen molar-refractivity contribution in [2.75, 3.05) is 19.0 Å². The van der Waals surface area contributed by atoms with Gasteiger partial charge in [0.05, 0.1) is 25.3 Å². The molecule has 7 heteroatoms. The molecule has 0 aliphatic heterocycles. The van der Waals surface area contributed by atoms with E-state index >= 15 is 0 Å². The third-order valence-electron chi connectivity index (χ3n) is 3.82. The molecule has 0 radical (unpaired) electrons. The van der Waals surface area contributed by atoms with Gasteiger partial charge in [-0.25, -0.2) is 4.79 Å². The number of methoxy groups -OCH3 is 1. The van der Waals surface area contributed by atoms with Crippen LogP contribution in [0, 0.1) is 11.3 Å². The van der Waals surface area contributed by atoms with Gasteiger partial charge in [0.25, 0.3) is 5.91 Å². The zero-order chi connectivity index (χ0) is 21.2. The fraction of sp³-hybridized carbons (Fsp3) is 0.227. The van der Waals surface area contributed by atoms with Crippen molar-refractivity contribution in [1.29, 1.82) is 5.26 Å². The van der Waals surface area contributed by atoms with Crippen molar-refractivity contribution in [3.63, 3.8) is 0 Å². The number of hydrogen-bond acceptors (Lipinski definition) is 6. The first kappa shape index (κ1) is 21.5. The van der Waals surface area contributed by atoms with Crippen LogP contribution in [0.4, 0.5) is 5.69 Å². The maximum absolute atomic E-state index is 12.2. The second-order valence-corrected chi connectivity index (χ2v) is 5.94. The van der Waals surface area contributed by atoms with Gasteiger partial charge in [0.2, 0.25) is 0 Å². The van der Waals surface area contributed by atoms with Gasteiger partial charge in [-0.3, -0.25) is 4.79 Å². The molecule has 0 bridgehead atoms. The summed E-state index contributed by atoms with van der Waals surface area (Å²) in [6, 6.07) is 13.7. The normalized spacial score (nSPS) is 11.4. The molecule has 0 unspecified atom stereocenters. The summed E-state index contributed by atoms with van der Waals surface area (Å²) < 4.78 is 15.8. The zero-order valence-electron chi connectivity index (χ0n) is 16.5. The maximum atomic E-state index is 12.2. The van der Waals surface area contributed by atoms with Gasteiger partial charge in [-0.15, -0.1) is 0 Å². The molecule has 1 N–H and O–H groups in total. The number of nitriles is 1. The third kappa shape index (κ3) is 6.40. The number of rotatable bonds is 8. The summed E-state index contributed by atoms with van der Waals surface area (Å²) in [7, 11) is 1.53. The highest BCUT2D eigenvalue weighted by Gasteiger charge is 2.17. The van der Waals surface area contributed by atoms with Crippen molar-refractivity contribution < 1.29 is 23.8 Å². The van der Waals surface area contributed by atoms with Crippen molar-refractivity contribution in [1.82, 2.24) is 0 Å². The summed E-state index contributed by atoms with van der Waals surface area (Å²) in [4.78, 5) is 24.2. The molecule has 2 aromatic carbocycles. The second-order valence-electron chi connectivity index (χ2n) is 5.94. The highest BCUT2D eigenvalue weighted by Crippen LogP contribution is 2.28. The predicted molar refractivity (Wildman–Crippen MR) is 109 cm³/mol. The predicted octanol–water partition coefficient (Wildman–Crippen LogP) is 3.55. The SMILES string of the molecule is CCOc1ccc(/C=C/C(=O)O[C@@H](C)C(=O)Nc2cccc(C#N)c2)cc1OC. The molecule has 2 aromatic rings. The summed E-state index contributed by atoms with van der Waals surface area (Å²) in [6.07, 6.45) is 1.78. The van der Waals surface area contributed by atoms with Gasteiger partial charge in [0.1, 0.15) is 0 Å². The van der Waals surface area contributed by atoms with Crippen LogP contribution >= 0.6 is 0 Å². The Balaban J connectivity index is 1.95. The zero-order valence-corrected chi connectivity index (χ0v) is 16.5. The van der Waals surface area contributed by atoms with Gasteiger partial charge in [0.15, 0.2) is 17.6 Å². The Kier molecular flexibility index (Phi) is 7.80. The van der Waals surface area contributed by atoms with Gasteiger partial charge in [-0.2, -0.15) is 5.26 Å². The fourth-order valence-corrected chi connectivity index (χ4v) is 2.40. The quantitative estimate of drug-likeness (QED) is 0.543. The second kappa shape index (κ2) is 10.5. The summed E-state index contributed by atoms with van der Waals surface area (Å²) in [5.41, 5.74) is 1.59. The first-order chi connectivity index (χ1) is 14.0. The van der Waals surface area contributed by atoms with Crippen LogP contribution in [0.3, 0.4) is 0 Å². The molecule has 29 heavy (non-hydrogen) atoms. The van der Waals surface area contributed by atoms with Crippen LogP contribution in [0.15, 0.2) is 48.5 Å². The summed E-state index contributed by atoms with van der Waals surface area (Å²) in [6.45, 7) is 3.86. The lowest BCUT2D eigenvalue weighted by Gasteiger charge is -2.12. The van der Waals surface area contributed by atoms with Crippen LogP contribution in [0.25, 0.3) is 6.08 Å². The average Bonchev–Trinajstić information content (AvgIpc) is 2.73. The number of nitrogens with zero attached hydrogens (tertiary/aromatic N) is 1. The van der Waals surface area contributed by atoms with E-state index in [1.54, 1.807) is 42.5 Å². The number of carbonyl (C=O) groups is 2. The Hall–Kier alpha value is -3.79. The molecule has 2 rings (SSSR count). The Morgan fingerprint density at radius 1 is 1.21 bits per heavy atom. The van der Waals surface area contributed by atoms with Crippen molar-refractivity contribution in [2.45, 2.75) is 20.0 Å². The van der Waals surface area contributed by atoms with Crippen molar-refractivity contribution in [2.24, 2.45) is 0 Å². The Bertz CT molecular complexity index is 946. The van der Waals surface area contributed by atoms with Gasteiger partial charge in [-0.05, 0) is 55.8 Å². The van der Waals surface area contributed by atoms with Crippen LogP contribution in [-0.4, -0.2) is 31.7 Å². The first-order valence-corrected chi connectivity index (χ1v) is 8.97. The molecule has 0 heterocycles. The van der Waals surface area contributed by atoms with E-state index in [1.165, 1.54) is 26.2 Å². The molecule has 1 amide bonds. The van der Waals surface area contributed by atoms with Crippen LogP contribution in [0.2, 0.25) is 0 Å². The van der Waals surface area contributed by atoms with Crippen LogP contribution in [-0.2, 0) is 14.3 Å². The lowest BCUT2D eigenvalue weighted by molar-refractivity contribution is -0.148. The van der Waals surface area contributed by atoms with Gasteiger partial charge >= 0.3 is 5.97 Å². The minimum atomic E-state index is -1.01. The first-order valence-electron chi connectivity index (χ1n) is 8.97. The summed E-state index contributed by atoms with van der Waals surface area (Å²) >= 11 is 0. The van der Waals surface area contributed by atoms with Gasteiger partial charge in [-0.1, -0.05) is 12.1 Å². The van der Waals surface area contributed by atoms with Crippen molar-refractivity contribution in [3.8, 4) is 17.6 Å². The van der Waals surface area contributed by atoms with Crippen molar-refractivity contribution >= 4 is 23.6 Å². The number of amides is 1. The van der Waals surface area contributed by atoms with E-state index in [-0.39, 0.29) is 0 Å². The standard InChI is InChI=1S/C22H22N2O5/c1-4-28-19-10-8-16(13-20(19)27-3)9-11-21(25)29-15(2)22(26)24-18-7-5-6-17(12-18)14-23/h5-13,15H,4H2,1-3H3,(H,24,26)/b11-9+/t15-/m0/s1. The molecule has 0 aromatic heterocycles. The smallest absolute Gasteiger partial charge is 0.331 e. The van der Waals surface area contributed by atoms with Crippen LogP contribution in [0.5, 0.6) is 11.5 Å². The minimum absolute atomic E-state index is 0.418. The average molecular weight is 394 g/mol. The molecule has 0 saturated heterocycles. The summed E-state index contributed by atoms with van der Waals surface area (Å²) in [5.74, 6) is 0.00560. The largest absolute Gasteiger partial charge is 0.493 e. The number of nitrogens with one attached hydrogen (secondary N) is 1. The Morgan fingerprint density at radius 3 is 2.69 bits per heavy atom. The topological polar surface area (TPSA) is 97.6 Å².